The average Bonchev–Trinajstić information content (AvgIpc) is 3.61. The van der Waals surface area contributed by atoms with Crippen molar-refractivity contribution < 1.29 is 19.5 Å². The van der Waals surface area contributed by atoms with Crippen LogP contribution in [0.15, 0.2) is 54.9 Å². The summed E-state index contributed by atoms with van der Waals surface area (Å²) < 4.78 is 0. The number of rotatable bonds is 6. The summed E-state index contributed by atoms with van der Waals surface area (Å²) in [5, 5.41) is 14.9. The van der Waals surface area contributed by atoms with Crippen molar-refractivity contribution in [3.05, 3.63) is 66.0 Å². The van der Waals surface area contributed by atoms with Gasteiger partial charge >= 0.3 is 5.97 Å². The molecule has 2 amide bonds. The third-order valence-corrected chi connectivity index (χ3v) is 6.70. The Morgan fingerprint density at radius 2 is 1.85 bits per heavy atom. The Labute approximate surface area is 191 Å². The molecule has 5 rings (SSSR count). The van der Waals surface area contributed by atoms with Gasteiger partial charge in [-0.15, -0.1) is 0 Å². The Morgan fingerprint density at radius 3 is 2.52 bits per heavy atom. The van der Waals surface area contributed by atoms with Gasteiger partial charge in [0, 0.05) is 29.4 Å². The van der Waals surface area contributed by atoms with Gasteiger partial charge in [-0.25, -0.2) is 4.79 Å². The van der Waals surface area contributed by atoms with Gasteiger partial charge in [0.25, 0.3) is 5.91 Å². The molecule has 0 aliphatic heterocycles. The molecule has 0 spiro atoms. The van der Waals surface area contributed by atoms with Gasteiger partial charge in [-0.3, -0.25) is 19.5 Å². The van der Waals surface area contributed by atoms with Crippen molar-refractivity contribution in [2.45, 2.75) is 44.6 Å². The molecule has 0 saturated heterocycles. The van der Waals surface area contributed by atoms with E-state index in [1.807, 2.05) is 19.1 Å². The van der Waals surface area contributed by atoms with Gasteiger partial charge in [-0.2, -0.15) is 0 Å². The SMILES string of the molecule is Cc1ccc(C(=O)N(c2ccc3ccncc3c2)C2(C(=O)O)CCC2)c(NC(=O)C2CC2)c1. The summed E-state index contributed by atoms with van der Waals surface area (Å²) in [5.74, 6) is -1.58. The summed E-state index contributed by atoms with van der Waals surface area (Å²) in [6, 6.07) is 12.6. The molecule has 2 aliphatic carbocycles. The van der Waals surface area contributed by atoms with Crippen molar-refractivity contribution in [1.29, 1.82) is 0 Å². The third-order valence-electron chi connectivity index (χ3n) is 6.70. The molecule has 1 aromatic heterocycles. The second-order valence-corrected chi connectivity index (χ2v) is 9.05. The fraction of sp³-hybridized carbons (Fsp3) is 0.308. The van der Waals surface area contributed by atoms with E-state index in [1.54, 1.807) is 42.7 Å². The highest BCUT2D eigenvalue weighted by Crippen LogP contribution is 2.43. The number of anilines is 2. The van der Waals surface area contributed by atoms with E-state index in [4.69, 9.17) is 0 Å². The zero-order chi connectivity index (χ0) is 23.2. The molecule has 33 heavy (non-hydrogen) atoms. The minimum atomic E-state index is -1.32. The molecule has 2 saturated carbocycles. The van der Waals surface area contributed by atoms with Crippen LogP contribution in [0.3, 0.4) is 0 Å². The predicted octanol–water partition coefficient (Wildman–Crippen LogP) is 4.55. The summed E-state index contributed by atoms with van der Waals surface area (Å²) in [6.45, 7) is 1.89. The highest BCUT2D eigenvalue weighted by atomic mass is 16.4. The summed E-state index contributed by atoms with van der Waals surface area (Å²) in [4.78, 5) is 44.5. The number of amides is 2. The maximum absolute atomic E-state index is 14.0. The number of pyridine rings is 1. The molecule has 168 valence electrons. The molecule has 2 fully saturated rings. The van der Waals surface area contributed by atoms with E-state index in [-0.39, 0.29) is 17.4 Å². The fourth-order valence-corrected chi connectivity index (χ4v) is 4.46. The van der Waals surface area contributed by atoms with Crippen molar-refractivity contribution in [3.8, 4) is 0 Å². The third kappa shape index (κ3) is 3.73. The van der Waals surface area contributed by atoms with Crippen LogP contribution in [-0.4, -0.2) is 33.4 Å². The summed E-state index contributed by atoms with van der Waals surface area (Å²) >= 11 is 0. The van der Waals surface area contributed by atoms with E-state index in [2.05, 4.69) is 10.3 Å². The zero-order valence-corrected chi connectivity index (χ0v) is 18.4. The predicted molar refractivity (Wildman–Crippen MR) is 125 cm³/mol. The number of carbonyl (C=O) groups is 3. The van der Waals surface area contributed by atoms with Crippen LogP contribution < -0.4 is 10.2 Å². The van der Waals surface area contributed by atoms with Crippen LogP contribution in [0, 0.1) is 12.8 Å². The van der Waals surface area contributed by atoms with Gasteiger partial charge < -0.3 is 10.4 Å². The first-order chi connectivity index (χ1) is 15.9. The molecule has 2 aromatic carbocycles. The number of aryl methyl sites for hydroxylation is 1. The lowest BCUT2D eigenvalue weighted by atomic mass is 9.74. The average molecular weight is 444 g/mol. The van der Waals surface area contributed by atoms with Crippen LogP contribution in [-0.2, 0) is 9.59 Å². The number of aromatic nitrogens is 1. The molecule has 0 bridgehead atoms. The van der Waals surface area contributed by atoms with Crippen LogP contribution in [0.1, 0.15) is 48.0 Å². The molecule has 7 heteroatoms. The topological polar surface area (TPSA) is 99.6 Å². The second kappa shape index (κ2) is 7.99. The number of nitrogens with one attached hydrogen (secondary N) is 1. The number of aliphatic carboxylic acids is 1. The lowest BCUT2D eigenvalue weighted by Gasteiger charge is -2.46. The van der Waals surface area contributed by atoms with Crippen LogP contribution in [0.25, 0.3) is 10.8 Å². The summed E-state index contributed by atoms with van der Waals surface area (Å²) in [6.07, 6.45) is 6.55. The summed E-state index contributed by atoms with van der Waals surface area (Å²) in [5.41, 5.74) is 0.785. The van der Waals surface area contributed by atoms with Gasteiger partial charge in [0.1, 0.15) is 5.54 Å². The van der Waals surface area contributed by atoms with Gasteiger partial charge in [-0.1, -0.05) is 12.1 Å². The van der Waals surface area contributed by atoms with E-state index in [1.165, 1.54) is 4.90 Å². The maximum Gasteiger partial charge on any atom is 0.330 e. The molecular formula is C26H25N3O4. The molecular weight excluding hydrogens is 418 g/mol. The van der Waals surface area contributed by atoms with Crippen LogP contribution >= 0.6 is 0 Å². The van der Waals surface area contributed by atoms with E-state index >= 15 is 0 Å². The van der Waals surface area contributed by atoms with Crippen molar-refractivity contribution in [3.63, 3.8) is 0 Å². The van der Waals surface area contributed by atoms with Crippen LogP contribution in [0.2, 0.25) is 0 Å². The standard InChI is InChI=1S/C26H25N3O4/c1-16-3-8-21(22(13-16)28-23(30)18-4-5-18)24(31)29(26(25(32)33)10-2-11-26)20-7-6-17-9-12-27-15-19(17)14-20/h3,6-9,12-15,18H,2,4-5,10-11H2,1H3,(H,28,30)(H,32,33). The monoisotopic (exact) mass is 443 g/mol. The Kier molecular flexibility index (Phi) is 5.12. The first-order valence-corrected chi connectivity index (χ1v) is 11.2. The lowest BCUT2D eigenvalue weighted by Crippen LogP contribution is -2.62. The van der Waals surface area contributed by atoms with E-state index in [9.17, 15) is 19.5 Å². The van der Waals surface area contributed by atoms with Crippen molar-refractivity contribution >= 4 is 39.9 Å². The Bertz CT molecular complexity index is 1280. The largest absolute Gasteiger partial charge is 0.479 e. The Balaban J connectivity index is 1.62. The number of benzene rings is 2. The smallest absolute Gasteiger partial charge is 0.330 e. The number of hydrogen-bond acceptors (Lipinski definition) is 4. The lowest BCUT2D eigenvalue weighted by molar-refractivity contribution is -0.146. The second-order valence-electron chi connectivity index (χ2n) is 9.05. The van der Waals surface area contributed by atoms with Gasteiger partial charge in [0.05, 0.1) is 11.3 Å². The molecule has 7 nitrogen and oxygen atoms in total. The molecule has 0 atom stereocenters. The molecule has 1 heterocycles. The van der Waals surface area contributed by atoms with Crippen LogP contribution in [0.4, 0.5) is 11.4 Å². The first-order valence-electron chi connectivity index (χ1n) is 11.2. The first kappa shape index (κ1) is 21.1. The molecule has 2 aliphatic rings. The number of nitrogens with zero attached hydrogens (tertiary/aromatic N) is 2. The number of carbonyl (C=O) groups excluding carboxylic acids is 2. The fourth-order valence-electron chi connectivity index (χ4n) is 4.46. The van der Waals surface area contributed by atoms with E-state index < -0.39 is 17.4 Å². The Hall–Kier alpha value is -3.74. The molecule has 0 radical (unpaired) electrons. The highest BCUT2D eigenvalue weighted by Gasteiger charge is 2.52. The number of carboxylic acid groups (broad SMARTS) is 1. The Morgan fingerprint density at radius 1 is 1.06 bits per heavy atom. The number of hydrogen-bond donors (Lipinski definition) is 2. The van der Waals surface area contributed by atoms with Gasteiger partial charge in [0.15, 0.2) is 0 Å². The van der Waals surface area contributed by atoms with Crippen molar-refractivity contribution in [1.82, 2.24) is 4.98 Å². The minimum absolute atomic E-state index is 0.0189. The number of fused-ring (bicyclic) bond motifs is 1. The zero-order valence-electron chi connectivity index (χ0n) is 18.4. The van der Waals surface area contributed by atoms with E-state index in [0.29, 0.717) is 24.2 Å². The maximum atomic E-state index is 14.0. The highest BCUT2D eigenvalue weighted by molar-refractivity contribution is 6.15. The van der Waals surface area contributed by atoms with Crippen LogP contribution in [0.5, 0.6) is 0 Å². The molecule has 2 N–H and O–H groups in total. The van der Waals surface area contributed by atoms with Crippen molar-refractivity contribution in [2.24, 2.45) is 5.92 Å². The van der Waals surface area contributed by atoms with Crippen molar-refractivity contribution in [2.75, 3.05) is 10.2 Å². The molecule has 3 aromatic rings. The summed E-state index contributed by atoms with van der Waals surface area (Å²) in [7, 11) is 0. The molecule has 0 unspecified atom stereocenters. The minimum Gasteiger partial charge on any atom is -0.479 e. The van der Waals surface area contributed by atoms with E-state index in [0.717, 1.165) is 35.6 Å². The normalized spacial score (nSPS) is 16.6. The number of carboxylic acids is 1. The quantitative estimate of drug-likeness (QED) is 0.582. The van der Waals surface area contributed by atoms with Gasteiger partial charge in [-0.05, 0) is 80.3 Å². The van der Waals surface area contributed by atoms with Gasteiger partial charge in [0.2, 0.25) is 5.91 Å².